The lowest BCUT2D eigenvalue weighted by Crippen LogP contribution is -2.51. The third kappa shape index (κ3) is 5.47. The van der Waals surface area contributed by atoms with Crippen LogP contribution in [0.15, 0.2) is 0 Å². The van der Waals surface area contributed by atoms with Gasteiger partial charge in [-0.2, -0.15) is 0 Å². The topological polar surface area (TPSA) is 20.2 Å². The summed E-state index contributed by atoms with van der Waals surface area (Å²) in [6, 6.07) is 0. The maximum absolute atomic E-state index is 11.4. The van der Waals surface area contributed by atoms with Gasteiger partial charge < -0.3 is 5.11 Å². The molecule has 0 aromatic rings. The summed E-state index contributed by atoms with van der Waals surface area (Å²) in [5, 5.41) is 11.4. The van der Waals surface area contributed by atoms with Gasteiger partial charge in [0.05, 0.1) is 6.10 Å². The molecule has 1 nitrogen and oxygen atoms in total. The molecule has 2 atom stereocenters. The van der Waals surface area contributed by atoms with E-state index in [1.54, 1.807) is 0 Å². The summed E-state index contributed by atoms with van der Waals surface area (Å²) in [4.78, 5) is 0. The van der Waals surface area contributed by atoms with E-state index < -0.39 is 0 Å². The molecule has 1 aliphatic rings. The Hall–Kier alpha value is -0.0400. The molecular weight excluding hydrogens is 304 g/mol. The molecule has 0 amide bonds. The Balaban J connectivity index is 3.24. The van der Waals surface area contributed by atoms with Gasteiger partial charge >= 0.3 is 0 Å². The summed E-state index contributed by atoms with van der Waals surface area (Å²) in [6.45, 7) is 26.1. The molecule has 0 heterocycles. The van der Waals surface area contributed by atoms with E-state index in [0.29, 0.717) is 28.6 Å². The standard InChI is InChI=1S/C24H48O/c1-12-22(6,7)18-14-17(24(10,11)16-21(3,4)5)15-19(20(18)25)23(8,9)13-2/h17-20,25H,12-16H2,1-11H3. The van der Waals surface area contributed by atoms with Crippen molar-refractivity contribution in [1.29, 1.82) is 0 Å². The molecule has 25 heavy (non-hydrogen) atoms. The molecule has 1 fully saturated rings. The number of rotatable bonds is 6. The highest BCUT2D eigenvalue weighted by atomic mass is 16.3. The minimum atomic E-state index is -0.161. The lowest BCUT2D eigenvalue weighted by atomic mass is 9.52. The zero-order chi connectivity index (χ0) is 19.8. The van der Waals surface area contributed by atoms with Crippen molar-refractivity contribution in [3.05, 3.63) is 0 Å². The van der Waals surface area contributed by atoms with Gasteiger partial charge in [-0.3, -0.25) is 0 Å². The van der Waals surface area contributed by atoms with E-state index in [-0.39, 0.29) is 16.9 Å². The molecule has 1 heteroatoms. The van der Waals surface area contributed by atoms with Crippen molar-refractivity contribution in [2.75, 3.05) is 0 Å². The number of hydrogen-bond acceptors (Lipinski definition) is 1. The van der Waals surface area contributed by atoms with Crippen LogP contribution in [0.1, 0.15) is 108 Å². The first kappa shape index (κ1) is 23.0. The third-order valence-electron chi connectivity index (χ3n) is 7.82. The van der Waals surface area contributed by atoms with Crippen LogP contribution in [0.4, 0.5) is 0 Å². The van der Waals surface area contributed by atoms with Crippen molar-refractivity contribution in [3.63, 3.8) is 0 Å². The van der Waals surface area contributed by atoms with Gasteiger partial charge in [-0.25, -0.2) is 0 Å². The SMILES string of the molecule is CCC(C)(C)C1CC(C(C)(C)CC(C)(C)C)CC(C(C)(C)CC)C1O. The number of aliphatic hydroxyl groups is 1. The molecule has 2 unspecified atom stereocenters. The van der Waals surface area contributed by atoms with Crippen molar-refractivity contribution in [2.45, 2.75) is 114 Å². The van der Waals surface area contributed by atoms with Gasteiger partial charge in [0.25, 0.3) is 0 Å². The smallest absolute Gasteiger partial charge is 0.0606 e. The van der Waals surface area contributed by atoms with E-state index >= 15 is 0 Å². The van der Waals surface area contributed by atoms with Crippen molar-refractivity contribution in [3.8, 4) is 0 Å². The van der Waals surface area contributed by atoms with Gasteiger partial charge in [-0.15, -0.1) is 0 Å². The molecule has 0 spiro atoms. The Morgan fingerprint density at radius 1 is 0.680 bits per heavy atom. The van der Waals surface area contributed by atoms with Crippen molar-refractivity contribution in [1.82, 2.24) is 0 Å². The van der Waals surface area contributed by atoms with Gasteiger partial charge in [0.1, 0.15) is 0 Å². The molecule has 0 aliphatic heterocycles. The van der Waals surface area contributed by atoms with Gasteiger partial charge in [0.2, 0.25) is 0 Å². The molecule has 0 bridgehead atoms. The van der Waals surface area contributed by atoms with E-state index in [4.69, 9.17) is 0 Å². The summed E-state index contributed by atoms with van der Waals surface area (Å²) in [5.74, 6) is 1.51. The number of hydrogen-bond donors (Lipinski definition) is 1. The first-order valence-electron chi connectivity index (χ1n) is 10.8. The molecular formula is C24H48O. The van der Waals surface area contributed by atoms with Crippen LogP contribution in [0, 0.1) is 39.4 Å². The first-order chi connectivity index (χ1) is 11.1. The summed E-state index contributed by atoms with van der Waals surface area (Å²) in [6.07, 6.45) is 5.73. The normalized spacial score (nSPS) is 29.8. The van der Waals surface area contributed by atoms with Crippen LogP contribution in [-0.4, -0.2) is 11.2 Å². The average molecular weight is 353 g/mol. The summed E-state index contributed by atoms with van der Waals surface area (Å²) in [7, 11) is 0. The third-order valence-corrected chi connectivity index (χ3v) is 7.82. The quantitative estimate of drug-likeness (QED) is 0.530. The van der Waals surface area contributed by atoms with Crippen LogP contribution >= 0.6 is 0 Å². The average Bonchev–Trinajstić information content (AvgIpc) is 2.44. The fourth-order valence-corrected chi connectivity index (χ4v) is 5.50. The first-order valence-corrected chi connectivity index (χ1v) is 10.8. The monoisotopic (exact) mass is 352 g/mol. The fraction of sp³-hybridized carbons (Fsp3) is 1.00. The largest absolute Gasteiger partial charge is 0.393 e. The predicted octanol–water partition coefficient (Wildman–Crippen LogP) is 7.32. The highest BCUT2D eigenvalue weighted by Gasteiger charge is 2.50. The highest BCUT2D eigenvalue weighted by molar-refractivity contribution is 5.00. The van der Waals surface area contributed by atoms with Crippen molar-refractivity contribution >= 4 is 0 Å². The Bertz CT molecular complexity index is 398. The van der Waals surface area contributed by atoms with Crippen molar-refractivity contribution in [2.24, 2.45) is 39.4 Å². The van der Waals surface area contributed by atoms with E-state index in [1.807, 2.05) is 0 Å². The van der Waals surface area contributed by atoms with Gasteiger partial charge in [0, 0.05) is 0 Å². The maximum Gasteiger partial charge on any atom is 0.0606 e. The van der Waals surface area contributed by atoms with Crippen LogP contribution in [0.25, 0.3) is 0 Å². The molecule has 0 aromatic heterocycles. The second-order valence-corrected chi connectivity index (χ2v) is 12.3. The second-order valence-electron chi connectivity index (χ2n) is 12.3. The second kappa shape index (κ2) is 7.53. The lowest BCUT2D eigenvalue weighted by Gasteiger charge is -2.54. The van der Waals surface area contributed by atoms with E-state index in [9.17, 15) is 5.11 Å². The molecule has 1 N–H and O–H groups in total. The van der Waals surface area contributed by atoms with Crippen LogP contribution in [0.3, 0.4) is 0 Å². The minimum Gasteiger partial charge on any atom is -0.393 e. The summed E-state index contributed by atoms with van der Waals surface area (Å²) >= 11 is 0. The molecule has 150 valence electrons. The van der Waals surface area contributed by atoms with Crippen LogP contribution < -0.4 is 0 Å². The lowest BCUT2D eigenvalue weighted by molar-refractivity contribution is -0.113. The fourth-order valence-electron chi connectivity index (χ4n) is 5.50. The Kier molecular flexibility index (Phi) is 6.93. The van der Waals surface area contributed by atoms with E-state index in [0.717, 1.165) is 12.8 Å². The summed E-state index contributed by atoms with van der Waals surface area (Å²) in [5.41, 5.74) is 1.09. The molecule has 0 saturated heterocycles. The molecule has 1 saturated carbocycles. The maximum atomic E-state index is 11.4. The van der Waals surface area contributed by atoms with Gasteiger partial charge in [0.15, 0.2) is 0 Å². The van der Waals surface area contributed by atoms with Gasteiger partial charge in [-0.1, -0.05) is 89.0 Å². The predicted molar refractivity (Wildman–Crippen MR) is 112 cm³/mol. The molecule has 1 aliphatic carbocycles. The van der Waals surface area contributed by atoms with Crippen LogP contribution in [-0.2, 0) is 0 Å². The highest BCUT2D eigenvalue weighted by Crippen LogP contribution is 2.55. The minimum absolute atomic E-state index is 0.161. The van der Waals surface area contributed by atoms with Crippen molar-refractivity contribution < 1.29 is 5.11 Å². The Morgan fingerprint density at radius 3 is 1.32 bits per heavy atom. The van der Waals surface area contributed by atoms with E-state index in [1.165, 1.54) is 19.3 Å². The summed E-state index contributed by atoms with van der Waals surface area (Å²) < 4.78 is 0. The molecule has 0 aromatic carbocycles. The molecule has 0 radical (unpaired) electrons. The Labute approximate surface area is 159 Å². The zero-order valence-electron chi connectivity index (χ0n) is 19.3. The zero-order valence-corrected chi connectivity index (χ0v) is 19.3. The van der Waals surface area contributed by atoms with E-state index in [2.05, 4.69) is 76.2 Å². The Morgan fingerprint density at radius 2 is 1.04 bits per heavy atom. The number of aliphatic hydroxyl groups excluding tert-OH is 1. The van der Waals surface area contributed by atoms with Crippen LogP contribution in [0.2, 0.25) is 0 Å². The van der Waals surface area contributed by atoms with Gasteiger partial charge in [-0.05, 0) is 58.7 Å². The van der Waals surface area contributed by atoms with Crippen LogP contribution in [0.5, 0.6) is 0 Å². The molecule has 1 rings (SSSR count).